The lowest BCUT2D eigenvalue weighted by Crippen LogP contribution is -2.23. The summed E-state index contributed by atoms with van der Waals surface area (Å²) in [5.74, 6) is 1.56. The molecule has 0 bridgehead atoms. The van der Waals surface area contributed by atoms with Crippen LogP contribution in [0, 0.1) is 11.8 Å². The first kappa shape index (κ1) is 13.7. The first-order valence-corrected chi connectivity index (χ1v) is 7.23. The zero-order valence-electron chi connectivity index (χ0n) is 11.3. The van der Waals surface area contributed by atoms with Crippen LogP contribution in [0.4, 0.5) is 5.69 Å². The number of nitrogens with zero attached hydrogens (tertiary/aromatic N) is 1. The molecule has 3 heteroatoms. The molecule has 1 fully saturated rings. The van der Waals surface area contributed by atoms with Gasteiger partial charge in [0.1, 0.15) is 0 Å². The summed E-state index contributed by atoms with van der Waals surface area (Å²) in [7, 11) is 0. The maximum Gasteiger partial charge on any atom is 0.0459 e. The fraction of sp³-hybridized carbons (Fsp3) is 0.600. The van der Waals surface area contributed by atoms with Crippen LogP contribution in [0.5, 0.6) is 0 Å². The molecular formula is C15H23ClN2. The summed E-state index contributed by atoms with van der Waals surface area (Å²) in [6, 6.07) is 6.19. The van der Waals surface area contributed by atoms with Gasteiger partial charge in [0.15, 0.2) is 0 Å². The fourth-order valence-electron chi connectivity index (χ4n) is 2.79. The van der Waals surface area contributed by atoms with Gasteiger partial charge in [-0.15, -0.1) is 0 Å². The van der Waals surface area contributed by atoms with Crippen molar-refractivity contribution in [2.45, 2.75) is 26.7 Å². The average molecular weight is 267 g/mol. The van der Waals surface area contributed by atoms with Crippen molar-refractivity contribution >= 4 is 17.3 Å². The third-order valence-electron chi connectivity index (χ3n) is 4.00. The molecule has 0 spiro atoms. The summed E-state index contributed by atoms with van der Waals surface area (Å²) in [6.45, 7) is 7.56. The summed E-state index contributed by atoms with van der Waals surface area (Å²) in [6.07, 6.45) is 2.14. The van der Waals surface area contributed by atoms with E-state index in [0.29, 0.717) is 6.54 Å². The number of anilines is 1. The number of rotatable bonds is 4. The molecule has 1 heterocycles. The molecule has 2 nitrogen and oxygen atoms in total. The predicted molar refractivity (Wildman–Crippen MR) is 79.4 cm³/mol. The largest absolute Gasteiger partial charge is 0.371 e. The molecule has 1 saturated heterocycles. The standard InChI is InChI=1S/C15H23ClN2/c1-11(2)12-7-9-18(10-12)15-5-3-4-14(16)13(15)6-8-17/h3-5,11-12H,6-10,17H2,1-2H3. The van der Waals surface area contributed by atoms with Gasteiger partial charge in [-0.1, -0.05) is 31.5 Å². The Hall–Kier alpha value is -0.730. The molecule has 100 valence electrons. The van der Waals surface area contributed by atoms with Crippen molar-refractivity contribution in [1.82, 2.24) is 0 Å². The molecular weight excluding hydrogens is 244 g/mol. The minimum absolute atomic E-state index is 0.651. The van der Waals surface area contributed by atoms with Crippen LogP contribution < -0.4 is 10.6 Å². The normalized spacial score (nSPS) is 19.8. The molecule has 18 heavy (non-hydrogen) atoms. The van der Waals surface area contributed by atoms with Gasteiger partial charge < -0.3 is 10.6 Å². The van der Waals surface area contributed by atoms with E-state index < -0.39 is 0 Å². The summed E-state index contributed by atoms with van der Waals surface area (Å²) >= 11 is 6.30. The van der Waals surface area contributed by atoms with Gasteiger partial charge in [-0.2, -0.15) is 0 Å². The van der Waals surface area contributed by atoms with Crippen molar-refractivity contribution in [3.8, 4) is 0 Å². The SMILES string of the molecule is CC(C)C1CCN(c2cccc(Cl)c2CCN)C1. The molecule has 1 aromatic rings. The van der Waals surface area contributed by atoms with Gasteiger partial charge in [-0.25, -0.2) is 0 Å². The zero-order chi connectivity index (χ0) is 13.1. The average Bonchev–Trinajstić information content (AvgIpc) is 2.81. The highest BCUT2D eigenvalue weighted by molar-refractivity contribution is 6.31. The Morgan fingerprint density at radius 3 is 2.83 bits per heavy atom. The highest BCUT2D eigenvalue weighted by Gasteiger charge is 2.26. The van der Waals surface area contributed by atoms with E-state index in [1.807, 2.05) is 12.1 Å². The molecule has 0 saturated carbocycles. The second-order valence-corrected chi connectivity index (χ2v) is 5.92. The van der Waals surface area contributed by atoms with E-state index >= 15 is 0 Å². The van der Waals surface area contributed by atoms with Crippen molar-refractivity contribution in [2.75, 3.05) is 24.5 Å². The van der Waals surface area contributed by atoms with E-state index in [9.17, 15) is 0 Å². The number of nitrogens with two attached hydrogens (primary N) is 1. The van der Waals surface area contributed by atoms with Crippen molar-refractivity contribution in [1.29, 1.82) is 0 Å². The first-order chi connectivity index (χ1) is 8.63. The highest BCUT2D eigenvalue weighted by Crippen LogP contribution is 2.33. The van der Waals surface area contributed by atoms with Crippen molar-refractivity contribution < 1.29 is 0 Å². The first-order valence-electron chi connectivity index (χ1n) is 6.86. The Kier molecular flexibility index (Phi) is 4.52. The minimum Gasteiger partial charge on any atom is -0.371 e. The Bertz CT molecular complexity index is 403. The van der Waals surface area contributed by atoms with Gasteiger partial charge in [0.25, 0.3) is 0 Å². The Morgan fingerprint density at radius 1 is 1.44 bits per heavy atom. The Balaban J connectivity index is 2.21. The number of benzene rings is 1. The van der Waals surface area contributed by atoms with E-state index in [0.717, 1.165) is 36.4 Å². The molecule has 1 aromatic carbocycles. The molecule has 0 aliphatic carbocycles. The summed E-state index contributed by atoms with van der Waals surface area (Å²) in [4.78, 5) is 2.47. The van der Waals surface area contributed by atoms with E-state index in [1.54, 1.807) is 0 Å². The number of hydrogen-bond donors (Lipinski definition) is 1. The summed E-state index contributed by atoms with van der Waals surface area (Å²) in [5, 5.41) is 0.853. The molecule has 0 aromatic heterocycles. The third kappa shape index (κ3) is 2.81. The smallest absolute Gasteiger partial charge is 0.0459 e. The van der Waals surface area contributed by atoms with Crippen LogP contribution in [-0.4, -0.2) is 19.6 Å². The molecule has 1 unspecified atom stereocenters. The van der Waals surface area contributed by atoms with Gasteiger partial charge in [0.2, 0.25) is 0 Å². The molecule has 1 atom stereocenters. The van der Waals surface area contributed by atoms with Crippen LogP contribution in [0.1, 0.15) is 25.8 Å². The third-order valence-corrected chi connectivity index (χ3v) is 4.35. The lowest BCUT2D eigenvalue weighted by atomic mass is 9.95. The van der Waals surface area contributed by atoms with Gasteiger partial charge in [-0.05, 0) is 48.9 Å². The number of hydrogen-bond acceptors (Lipinski definition) is 2. The maximum absolute atomic E-state index is 6.30. The van der Waals surface area contributed by atoms with Crippen molar-refractivity contribution in [2.24, 2.45) is 17.6 Å². The summed E-state index contributed by atoms with van der Waals surface area (Å²) < 4.78 is 0. The minimum atomic E-state index is 0.651. The van der Waals surface area contributed by atoms with Gasteiger partial charge in [0.05, 0.1) is 0 Å². The molecule has 1 aliphatic heterocycles. The van der Waals surface area contributed by atoms with Crippen LogP contribution in [0.15, 0.2) is 18.2 Å². The van der Waals surface area contributed by atoms with Gasteiger partial charge in [-0.3, -0.25) is 0 Å². The van der Waals surface area contributed by atoms with E-state index in [2.05, 4.69) is 24.8 Å². The van der Waals surface area contributed by atoms with Crippen LogP contribution in [0.2, 0.25) is 5.02 Å². The molecule has 2 N–H and O–H groups in total. The second-order valence-electron chi connectivity index (χ2n) is 5.51. The molecule has 1 aliphatic rings. The predicted octanol–water partition coefficient (Wildman–Crippen LogP) is 3.32. The lowest BCUT2D eigenvalue weighted by molar-refractivity contribution is 0.422. The second kappa shape index (κ2) is 5.94. The topological polar surface area (TPSA) is 29.3 Å². The number of halogens is 1. The van der Waals surface area contributed by atoms with Crippen molar-refractivity contribution in [3.05, 3.63) is 28.8 Å². The zero-order valence-corrected chi connectivity index (χ0v) is 12.1. The van der Waals surface area contributed by atoms with E-state index in [4.69, 9.17) is 17.3 Å². The van der Waals surface area contributed by atoms with Crippen molar-refractivity contribution in [3.63, 3.8) is 0 Å². The highest BCUT2D eigenvalue weighted by atomic mass is 35.5. The monoisotopic (exact) mass is 266 g/mol. The summed E-state index contributed by atoms with van der Waals surface area (Å²) in [5.41, 5.74) is 8.20. The molecule has 0 radical (unpaired) electrons. The van der Waals surface area contributed by atoms with Gasteiger partial charge >= 0.3 is 0 Å². The Labute approximate surface area is 115 Å². The van der Waals surface area contributed by atoms with Gasteiger partial charge in [0, 0.05) is 23.8 Å². The van der Waals surface area contributed by atoms with Crippen LogP contribution >= 0.6 is 11.6 Å². The maximum atomic E-state index is 6.30. The fourth-order valence-corrected chi connectivity index (χ4v) is 3.05. The quantitative estimate of drug-likeness (QED) is 0.906. The van der Waals surface area contributed by atoms with E-state index in [-0.39, 0.29) is 0 Å². The molecule has 0 amide bonds. The molecule has 2 rings (SSSR count). The Morgan fingerprint density at radius 2 is 2.22 bits per heavy atom. The van der Waals surface area contributed by atoms with Crippen LogP contribution in [0.25, 0.3) is 0 Å². The van der Waals surface area contributed by atoms with Crippen LogP contribution in [0.3, 0.4) is 0 Å². The van der Waals surface area contributed by atoms with Crippen LogP contribution in [-0.2, 0) is 6.42 Å². The lowest BCUT2D eigenvalue weighted by Gasteiger charge is -2.23. The van der Waals surface area contributed by atoms with E-state index in [1.165, 1.54) is 17.7 Å².